The van der Waals surface area contributed by atoms with Crippen LogP contribution >= 0.6 is 11.6 Å². The fourth-order valence-electron chi connectivity index (χ4n) is 2.84. The molecule has 1 aromatic carbocycles. The van der Waals surface area contributed by atoms with Gasteiger partial charge in [-0.3, -0.25) is 14.4 Å². The maximum absolute atomic E-state index is 12.7. The third-order valence-electron chi connectivity index (χ3n) is 4.30. The lowest BCUT2D eigenvalue weighted by Gasteiger charge is -2.39. The van der Waals surface area contributed by atoms with E-state index in [0.29, 0.717) is 6.54 Å². The molecule has 1 aliphatic rings. The number of anilines is 1. The molecule has 0 unspecified atom stereocenters. The number of benzene rings is 1. The molecule has 6 nitrogen and oxygen atoms in total. The zero-order valence-electron chi connectivity index (χ0n) is 14.0. The van der Waals surface area contributed by atoms with Crippen molar-refractivity contribution >= 4 is 29.1 Å². The van der Waals surface area contributed by atoms with Crippen molar-refractivity contribution in [3.63, 3.8) is 0 Å². The summed E-state index contributed by atoms with van der Waals surface area (Å²) in [7, 11) is 0. The third-order valence-corrected chi connectivity index (χ3v) is 4.58. The van der Waals surface area contributed by atoms with Gasteiger partial charge in [-0.15, -0.1) is 0 Å². The van der Waals surface area contributed by atoms with Gasteiger partial charge in [0.15, 0.2) is 0 Å². The molecule has 0 bridgehead atoms. The number of aromatic nitrogens is 1. The van der Waals surface area contributed by atoms with E-state index in [9.17, 15) is 14.4 Å². The number of carbonyl (C=O) groups excluding carboxylic acids is 2. The summed E-state index contributed by atoms with van der Waals surface area (Å²) in [6.07, 6.45) is 1.32. The normalized spacial score (nSPS) is 17.7. The molecule has 1 fully saturated rings. The number of H-pyrrole nitrogens is 1. The Labute approximate surface area is 150 Å². The molecular weight excluding hydrogens is 342 g/mol. The summed E-state index contributed by atoms with van der Waals surface area (Å²) >= 11 is 5.79. The summed E-state index contributed by atoms with van der Waals surface area (Å²) in [6, 6.07) is 8.86. The van der Waals surface area contributed by atoms with Crippen LogP contribution in [-0.2, 0) is 4.79 Å². The zero-order chi connectivity index (χ0) is 18.1. The average molecular weight is 360 g/mol. The number of piperazine rings is 1. The van der Waals surface area contributed by atoms with Crippen LogP contribution in [0.25, 0.3) is 0 Å². The molecule has 2 heterocycles. The fraction of sp³-hybridized carbons (Fsp3) is 0.278. The van der Waals surface area contributed by atoms with Crippen LogP contribution in [0.3, 0.4) is 0 Å². The minimum absolute atomic E-state index is 0.0232. The summed E-state index contributed by atoms with van der Waals surface area (Å²) in [5, 5.41) is -0.0527. The standard InChI is InChI=1S/C18H18ClN3O3/c1-11-3-5-14(6-4-11)22-9-12(2)21(10-16(22)23)18(25)13-7-15(19)17(24)20-8-13/h3-8,12H,9-10H2,1-2H3,(H,20,24)/t12-/m1/s1. The summed E-state index contributed by atoms with van der Waals surface area (Å²) in [5.74, 6) is -0.478. The van der Waals surface area contributed by atoms with Gasteiger partial charge < -0.3 is 14.8 Å². The molecular formula is C18H18ClN3O3. The Balaban J connectivity index is 1.80. The second-order valence-electron chi connectivity index (χ2n) is 6.19. The molecule has 130 valence electrons. The van der Waals surface area contributed by atoms with Gasteiger partial charge in [-0.1, -0.05) is 29.3 Å². The van der Waals surface area contributed by atoms with Gasteiger partial charge in [0.2, 0.25) is 5.91 Å². The van der Waals surface area contributed by atoms with Crippen LogP contribution in [0.15, 0.2) is 41.3 Å². The monoisotopic (exact) mass is 359 g/mol. The summed E-state index contributed by atoms with van der Waals surface area (Å²) in [4.78, 5) is 42.2. The molecule has 0 aliphatic carbocycles. The molecule has 1 atom stereocenters. The van der Waals surface area contributed by atoms with Crippen LogP contribution in [0.2, 0.25) is 5.02 Å². The zero-order valence-corrected chi connectivity index (χ0v) is 14.7. The van der Waals surface area contributed by atoms with Gasteiger partial charge in [-0.2, -0.15) is 0 Å². The van der Waals surface area contributed by atoms with Gasteiger partial charge in [0.25, 0.3) is 11.5 Å². The number of aryl methyl sites for hydroxylation is 1. The number of halogens is 1. The predicted octanol–water partition coefficient (Wildman–Crippen LogP) is 2.21. The number of carbonyl (C=O) groups is 2. The largest absolute Gasteiger partial charge is 0.327 e. The van der Waals surface area contributed by atoms with Gasteiger partial charge in [0, 0.05) is 24.5 Å². The maximum Gasteiger partial charge on any atom is 0.266 e. The molecule has 1 saturated heterocycles. The summed E-state index contributed by atoms with van der Waals surface area (Å²) in [6.45, 7) is 4.26. The lowest BCUT2D eigenvalue weighted by atomic mass is 10.1. The second-order valence-corrected chi connectivity index (χ2v) is 6.59. The minimum atomic E-state index is -0.452. The van der Waals surface area contributed by atoms with Crippen molar-refractivity contribution in [2.24, 2.45) is 0 Å². The second kappa shape index (κ2) is 6.72. The van der Waals surface area contributed by atoms with E-state index in [4.69, 9.17) is 11.6 Å². The van der Waals surface area contributed by atoms with Crippen molar-refractivity contribution in [2.45, 2.75) is 19.9 Å². The Morgan fingerprint density at radius 1 is 1.24 bits per heavy atom. The molecule has 7 heteroatoms. The van der Waals surface area contributed by atoms with Crippen LogP contribution < -0.4 is 10.5 Å². The number of amides is 2. The van der Waals surface area contributed by atoms with Gasteiger partial charge in [-0.05, 0) is 32.0 Å². The van der Waals surface area contributed by atoms with Crippen LogP contribution in [0.5, 0.6) is 0 Å². The predicted molar refractivity (Wildman–Crippen MR) is 96.1 cm³/mol. The van der Waals surface area contributed by atoms with Crippen molar-refractivity contribution in [1.82, 2.24) is 9.88 Å². The molecule has 0 spiro atoms. The highest BCUT2D eigenvalue weighted by Gasteiger charge is 2.33. The maximum atomic E-state index is 12.7. The van der Waals surface area contributed by atoms with E-state index in [1.54, 1.807) is 4.90 Å². The van der Waals surface area contributed by atoms with Crippen LogP contribution in [0.4, 0.5) is 5.69 Å². The Hall–Kier alpha value is -2.60. The molecule has 0 saturated carbocycles. The van der Waals surface area contributed by atoms with Crippen LogP contribution in [-0.4, -0.2) is 40.8 Å². The quantitative estimate of drug-likeness (QED) is 0.893. The molecule has 0 radical (unpaired) electrons. The number of hydrogen-bond acceptors (Lipinski definition) is 3. The molecule has 25 heavy (non-hydrogen) atoms. The Morgan fingerprint density at radius 3 is 2.56 bits per heavy atom. The first-order valence-corrected chi connectivity index (χ1v) is 8.31. The van der Waals surface area contributed by atoms with E-state index in [0.717, 1.165) is 11.3 Å². The number of nitrogens with one attached hydrogen (secondary N) is 1. The van der Waals surface area contributed by atoms with E-state index in [2.05, 4.69) is 4.98 Å². The van der Waals surface area contributed by atoms with Crippen molar-refractivity contribution in [2.75, 3.05) is 18.0 Å². The lowest BCUT2D eigenvalue weighted by molar-refractivity contribution is -0.121. The molecule has 1 N–H and O–H groups in total. The number of aromatic amines is 1. The number of nitrogens with zero attached hydrogens (tertiary/aromatic N) is 2. The molecule has 2 aromatic rings. The first kappa shape index (κ1) is 17.2. The Bertz CT molecular complexity index is 876. The van der Waals surface area contributed by atoms with Gasteiger partial charge >= 0.3 is 0 Å². The molecule has 3 rings (SSSR count). The summed E-state index contributed by atoms with van der Waals surface area (Å²) < 4.78 is 0. The highest BCUT2D eigenvalue weighted by Crippen LogP contribution is 2.22. The highest BCUT2D eigenvalue weighted by atomic mass is 35.5. The van der Waals surface area contributed by atoms with E-state index in [1.165, 1.54) is 17.2 Å². The first-order valence-electron chi connectivity index (χ1n) is 7.93. The van der Waals surface area contributed by atoms with Crippen molar-refractivity contribution < 1.29 is 9.59 Å². The minimum Gasteiger partial charge on any atom is -0.327 e. The SMILES string of the molecule is Cc1ccc(N2C[C@@H](C)N(C(=O)c3c[nH]c(=O)c(Cl)c3)CC2=O)cc1. The first-order chi connectivity index (χ1) is 11.9. The average Bonchev–Trinajstić information content (AvgIpc) is 2.59. The Kier molecular flexibility index (Phi) is 4.63. The fourth-order valence-corrected chi connectivity index (χ4v) is 3.01. The van der Waals surface area contributed by atoms with Crippen LogP contribution in [0, 0.1) is 6.92 Å². The lowest BCUT2D eigenvalue weighted by Crippen LogP contribution is -2.57. The highest BCUT2D eigenvalue weighted by molar-refractivity contribution is 6.30. The van der Waals surface area contributed by atoms with E-state index < -0.39 is 5.56 Å². The van der Waals surface area contributed by atoms with Crippen molar-refractivity contribution in [1.29, 1.82) is 0 Å². The van der Waals surface area contributed by atoms with Gasteiger partial charge in [0.1, 0.15) is 11.6 Å². The number of rotatable bonds is 2. The molecule has 1 aliphatic heterocycles. The Morgan fingerprint density at radius 2 is 1.92 bits per heavy atom. The molecule has 1 aromatic heterocycles. The van der Waals surface area contributed by atoms with Gasteiger partial charge in [0.05, 0.1) is 5.56 Å². The number of pyridine rings is 1. The van der Waals surface area contributed by atoms with Gasteiger partial charge in [-0.25, -0.2) is 0 Å². The smallest absolute Gasteiger partial charge is 0.266 e. The topological polar surface area (TPSA) is 73.5 Å². The summed E-state index contributed by atoms with van der Waals surface area (Å²) in [5.41, 5.74) is 1.74. The van der Waals surface area contributed by atoms with Crippen molar-refractivity contribution in [3.05, 3.63) is 63.0 Å². The third kappa shape index (κ3) is 3.44. The van der Waals surface area contributed by atoms with E-state index >= 15 is 0 Å². The number of hydrogen-bond donors (Lipinski definition) is 1. The van der Waals surface area contributed by atoms with E-state index in [1.807, 2.05) is 38.1 Å². The van der Waals surface area contributed by atoms with E-state index in [-0.39, 0.29) is 35.0 Å². The molecule has 2 amide bonds. The van der Waals surface area contributed by atoms with Crippen molar-refractivity contribution in [3.8, 4) is 0 Å². The van der Waals surface area contributed by atoms with Crippen LogP contribution in [0.1, 0.15) is 22.8 Å².